The van der Waals surface area contributed by atoms with E-state index in [4.69, 9.17) is 0 Å². The average Bonchev–Trinajstić information content (AvgIpc) is 2.15. The number of aliphatic hydroxyl groups is 1. The Morgan fingerprint density at radius 1 is 1.44 bits per heavy atom. The van der Waals surface area contributed by atoms with Crippen molar-refractivity contribution in [2.45, 2.75) is 46.6 Å². The van der Waals surface area contributed by atoms with Gasteiger partial charge in [0.25, 0.3) is 0 Å². The van der Waals surface area contributed by atoms with E-state index in [9.17, 15) is 5.11 Å². The summed E-state index contributed by atoms with van der Waals surface area (Å²) in [7, 11) is 0. The third kappa shape index (κ3) is 1.06. The monoisotopic (exact) mass is 220 g/mol. The Morgan fingerprint density at radius 3 is 2.69 bits per heavy atom. The van der Waals surface area contributed by atoms with Crippen LogP contribution in [0.4, 0.5) is 0 Å². The molecule has 1 heteroatoms. The Labute approximate surface area is 98.9 Å². The van der Waals surface area contributed by atoms with E-state index in [1.54, 1.807) is 0 Å². The SMILES string of the molecule is CC1=C[C@H](O)[C@@H]2[C@H]3[C@H](C(C)C)CC[C@]2(C)[C@@H]13. The summed E-state index contributed by atoms with van der Waals surface area (Å²) in [4.78, 5) is 0. The molecule has 4 aliphatic carbocycles. The summed E-state index contributed by atoms with van der Waals surface area (Å²) in [5, 5.41) is 10.3. The van der Waals surface area contributed by atoms with E-state index in [0.29, 0.717) is 11.3 Å². The molecular weight excluding hydrogens is 196 g/mol. The van der Waals surface area contributed by atoms with Crippen molar-refractivity contribution in [3.63, 3.8) is 0 Å². The van der Waals surface area contributed by atoms with Gasteiger partial charge in [0.15, 0.2) is 0 Å². The smallest absolute Gasteiger partial charge is 0.0760 e. The molecule has 6 atom stereocenters. The van der Waals surface area contributed by atoms with Crippen LogP contribution in [0.15, 0.2) is 11.6 Å². The number of hydrogen-bond acceptors (Lipinski definition) is 1. The molecule has 4 bridgehead atoms. The molecule has 16 heavy (non-hydrogen) atoms. The highest BCUT2D eigenvalue weighted by molar-refractivity contribution is 5.31. The highest BCUT2D eigenvalue weighted by Gasteiger charge is 2.67. The largest absolute Gasteiger partial charge is 0.389 e. The first-order valence-electron chi connectivity index (χ1n) is 6.83. The fourth-order valence-corrected chi connectivity index (χ4v) is 5.38. The van der Waals surface area contributed by atoms with Gasteiger partial charge < -0.3 is 5.11 Å². The Morgan fingerprint density at radius 2 is 2.12 bits per heavy atom. The Bertz CT molecular complexity index is 343. The van der Waals surface area contributed by atoms with Crippen molar-refractivity contribution in [1.29, 1.82) is 0 Å². The molecule has 0 aliphatic heterocycles. The lowest BCUT2D eigenvalue weighted by atomic mass is 9.34. The third-order valence-electron chi connectivity index (χ3n) is 5.93. The lowest BCUT2D eigenvalue weighted by Crippen LogP contribution is -2.67. The van der Waals surface area contributed by atoms with Crippen LogP contribution in [0.5, 0.6) is 0 Å². The standard InChI is InChI=1S/C15H24O/c1-8(2)10-5-6-15(4)13-9(3)7-11(16)14(15)12(10)13/h7-8,10-14,16H,5-6H2,1-4H3/t10-,11-,12-,13-,14+,15+/m0/s1. The van der Waals surface area contributed by atoms with Crippen molar-refractivity contribution >= 4 is 0 Å². The first-order chi connectivity index (χ1) is 7.47. The second kappa shape index (κ2) is 3.13. The van der Waals surface area contributed by atoms with E-state index >= 15 is 0 Å². The zero-order chi connectivity index (χ0) is 11.7. The molecule has 2 fully saturated rings. The van der Waals surface area contributed by atoms with E-state index in [0.717, 1.165) is 23.7 Å². The zero-order valence-electron chi connectivity index (χ0n) is 10.9. The van der Waals surface area contributed by atoms with Crippen molar-refractivity contribution in [3.8, 4) is 0 Å². The van der Waals surface area contributed by atoms with Crippen molar-refractivity contribution < 1.29 is 5.11 Å². The second-order valence-corrected chi connectivity index (χ2v) is 6.93. The summed E-state index contributed by atoms with van der Waals surface area (Å²) in [5.41, 5.74) is 1.89. The van der Waals surface area contributed by atoms with Crippen LogP contribution in [0.1, 0.15) is 40.5 Å². The van der Waals surface area contributed by atoms with Crippen LogP contribution in [-0.4, -0.2) is 11.2 Å². The molecule has 4 rings (SSSR count). The molecule has 0 radical (unpaired) electrons. The average molecular weight is 220 g/mol. The minimum absolute atomic E-state index is 0.165. The molecule has 0 amide bonds. The quantitative estimate of drug-likeness (QED) is 0.673. The van der Waals surface area contributed by atoms with Crippen LogP contribution >= 0.6 is 0 Å². The molecule has 0 spiro atoms. The van der Waals surface area contributed by atoms with Gasteiger partial charge in [-0.3, -0.25) is 0 Å². The van der Waals surface area contributed by atoms with Crippen molar-refractivity contribution in [3.05, 3.63) is 11.6 Å². The Hall–Kier alpha value is -0.300. The van der Waals surface area contributed by atoms with Crippen LogP contribution in [0, 0.1) is 35.0 Å². The predicted octanol–water partition coefficient (Wildman–Crippen LogP) is 3.24. The van der Waals surface area contributed by atoms with Crippen molar-refractivity contribution in [2.24, 2.45) is 35.0 Å². The Balaban J connectivity index is 1.99. The maximum absolute atomic E-state index is 10.3. The van der Waals surface area contributed by atoms with Gasteiger partial charge in [-0.05, 0) is 54.8 Å². The molecule has 0 heterocycles. The van der Waals surface area contributed by atoms with Crippen LogP contribution in [0.2, 0.25) is 0 Å². The topological polar surface area (TPSA) is 20.2 Å². The van der Waals surface area contributed by atoms with E-state index in [1.807, 2.05) is 0 Å². The van der Waals surface area contributed by atoms with E-state index in [2.05, 4.69) is 33.8 Å². The number of fused-ring (bicyclic) bond motifs is 1. The van der Waals surface area contributed by atoms with Gasteiger partial charge in [-0.1, -0.05) is 32.4 Å². The molecule has 90 valence electrons. The highest BCUT2D eigenvalue weighted by atomic mass is 16.3. The molecule has 4 aliphatic rings. The van der Waals surface area contributed by atoms with Crippen LogP contribution < -0.4 is 0 Å². The summed E-state index contributed by atoms with van der Waals surface area (Å²) in [5.74, 6) is 3.73. The summed E-state index contributed by atoms with van der Waals surface area (Å²) < 4.78 is 0. The molecule has 0 unspecified atom stereocenters. The fourth-order valence-electron chi connectivity index (χ4n) is 5.38. The number of aliphatic hydroxyl groups excluding tert-OH is 1. The minimum Gasteiger partial charge on any atom is -0.389 e. The summed E-state index contributed by atoms with van der Waals surface area (Å²) >= 11 is 0. The first kappa shape index (κ1) is 10.8. The third-order valence-corrected chi connectivity index (χ3v) is 5.93. The summed E-state index contributed by atoms with van der Waals surface area (Å²) in [6.45, 7) is 9.35. The minimum atomic E-state index is -0.165. The normalized spacial score (nSPS) is 54.6. The van der Waals surface area contributed by atoms with Gasteiger partial charge in [0.2, 0.25) is 0 Å². The van der Waals surface area contributed by atoms with Crippen molar-refractivity contribution in [1.82, 2.24) is 0 Å². The van der Waals surface area contributed by atoms with Gasteiger partial charge in [-0.15, -0.1) is 0 Å². The van der Waals surface area contributed by atoms with E-state index < -0.39 is 0 Å². The van der Waals surface area contributed by atoms with E-state index in [1.165, 1.54) is 18.4 Å². The fraction of sp³-hybridized carbons (Fsp3) is 0.867. The molecule has 0 aromatic carbocycles. The van der Waals surface area contributed by atoms with Crippen molar-refractivity contribution in [2.75, 3.05) is 0 Å². The highest BCUT2D eigenvalue weighted by Crippen LogP contribution is 2.71. The summed E-state index contributed by atoms with van der Waals surface area (Å²) in [6.07, 6.45) is 4.66. The molecular formula is C15H24O. The van der Waals surface area contributed by atoms with E-state index in [-0.39, 0.29) is 6.10 Å². The maximum Gasteiger partial charge on any atom is 0.0760 e. The summed E-state index contributed by atoms with van der Waals surface area (Å²) in [6, 6.07) is 0. The van der Waals surface area contributed by atoms with Crippen LogP contribution in [-0.2, 0) is 0 Å². The lowest BCUT2D eigenvalue weighted by molar-refractivity contribution is -0.215. The number of allylic oxidation sites excluding steroid dienone is 1. The number of hydrogen-bond donors (Lipinski definition) is 1. The van der Waals surface area contributed by atoms with Gasteiger partial charge in [0, 0.05) is 0 Å². The molecule has 2 saturated carbocycles. The van der Waals surface area contributed by atoms with Crippen LogP contribution in [0.3, 0.4) is 0 Å². The predicted molar refractivity (Wildman–Crippen MR) is 65.9 cm³/mol. The molecule has 1 N–H and O–H groups in total. The number of rotatable bonds is 1. The molecule has 0 aromatic heterocycles. The second-order valence-electron chi connectivity index (χ2n) is 6.93. The first-order valence-corrected chi connectivity index (χ1v) is 6.83. The Kier molecular flexibility index (Phi) is 2.12. The molecule has 0 saturated heterocycles. The van der Waals surface area contributed by atoms with Gasteiger partial charge in [0.1, 0.15) is 0 Å². The van der Waals surface area contributed by atoms with Gasteiger partial charge in [-0.2, -0.15) is 0 Å². The van der Waals surface area contributed by atoms with Gasteiger partial charge >= 0.3 is 0 Å². The van der Waals surface area contributed by atoms with Gasteiger partial charge in [-0.25, -0.2) is 0 Å². The maximum atomic E-state index is 10.3. The van der Waals surface area contributed by atoms with Crippen LogP contribution in [0.25, 0.3) is 0 Å². The zero-order valence-corrected chi connectivity index (χ0v) is 10.9. The molecule has 0 aromatic rings. The molecule has 1 nitrogen and oxygen atoms in total. The lowest BCUT2D eigenvalue weighted by Gasteiger charge is -2.71. The van der Waals surface area contributed by atoms with Gasteiger partial charge in [0.05, 0.1) is 6.10 Å².